The summed E-state index contributed by atoms with van der Waals surface area (Å²) in [5.74, 6) is -0.526. The van der Waals surface area contributed by atoms with Gasteiger partial charge >= 0.3 is 0 Å². The van der Waals surface area contributed by atoms with Crippen LogP contribution in [0.3, 0.4) is 0 Å². The molecule has 1 fully saturated rings. The molecule has 198 valence electrons. The summed E-state index contributed by atoms with van der Waals surface area (Å²) >= 11 is 0. The molecule has 1 heterocycles. The second-order valence-corrected chi connectivity index (χ2v) is 9.46. The van der Waals surface area contributed by atoms with Crippen LogP contribution >= 0.6 is 0 Å². The number of para-hydroxylation sites is 1. The SMILES string of the molecule is CO[C@@H](C(=O)NC1COc2cccc(-c3ccccc3)c2NC1=O)[C@H](O)[C@@H](O)[C@H](O)C=CC1CCCC1. The van der Waals surface area contributed by atoms with Crippen LogP contribution in [0.15, 0.2) is 60.7 Å². The average molecular weight is 511 g/mol. The van der Waals surface area contributed by atoms with Gasteiger partial charge in [-0.15, -0.1) is 0 Å². The third-order valence-electron chi connectivity index (χ3n) is 6.90. The Morgan fingerprint density at radius 3 is 2.51 bits per heavy atom. The van der Waals surface area contributed by atoms with E-state index in [0.29, 0.717) is 17.4 Å². The molecule has 1 saturated carbocycles. The molecule has 1 aliphatic carbocycles. The monoisotopic (exact) mass is 510 g/mol. The molecule has 9 nitrogen and oxygen atoms in total. The van der Waals surface area contributed by atoms with Crippen LogP contribution in [0.5, 0.6) is 5.75 Å². The first-order chi connectivity index (χ1) is 17.9. The third kappa shape index (κ3) is 6.37. The van der Waals surface area contributed by atoms with Crippen molar-refractivity contribution in [2.75, 3.05) is 19.0 Å². The van der Waals surface area contributed by atoms with E-state index < -0.39 is 42.3 Å². The van der Waals surface area contributed by atoms with E-state index in [1.165, 1.54) is 13.2 Å². The molecule has 0 spiro atoms. The van der Waals surface area contributed by atoms with Crippen molar-refractivity contribution in [3.8, 4) is 16.9 Å². The molecule has 2 aromatic rings. The molecule has 5 atom stereocenters. The topological polar surface area (TPSA) is 137 Å². The molecule has 4 rings (SSSR count). The zero-order valence-electron chi connectivity index (χ0n) is 20.7. The molecule has 2 amide bonds. The first-order valence-electron chi connectivity index (χ1n) is 12.6. The van der Waals surface area contributed by atoms with Crippen LogP contribution in [0.4, 0.5) is 5.69 Å². The molecular formula is C28H34N2O7. The Balaban J connectivity index is 1.41. The maximum Gasteiger partial charge on any atom is 0.252 e. The number of carbonyl (C=O) groups is 2. The van der Waals surface area contributed by atoms with Crippen molar-refractivity contribution < 1.29 is 34.4 Å². The van der Waals surface area contributed by atoms with E-state index in [9.17, 15) is 24.9 Å². The number of benzene rings is 2. The lowest BCUT2D eigenvalue weighted by molar-refractivity contribution is -0.150. The lowest BCUT2D eigenvalue weighted by Crippen LogP contribution is -2.56. The maximum atomic E-state index is 13.0. The largest absolute Gasteiger partial charge is 0.489 e. The van der Waals surface area contributed by atoms with Gasteiger partial charge < -0.3 is 35.4 Å². The van der Waals surface area contributed by atoms with Crippen molar-refractivity contribution in [2.24, 2.45) is 5.92 Å². The molecule has 0 aromatic heterocycles. The Morgan fingerprint density at radius 1 is 1.08 bits per heavy atom. The van der Waals surface area contributed by atoms with E-state index >= 15 is 0 Å². The van der Waals surface area contributed by atoms with E-state index in [0.717, 1.165) is 36.8 Å². The fourth-order valence-electron chi connectivity index (χ4n) is 4.78. The number of aliphatic hydroxyl groups excluding tert-OH is 3. The second-order valence-electron chi connectivity index (χ2n) is 9.46. The van der Waals surface area contributed by atoms with E-state index in [-0.39, 0.29) is 6.61 Å². The van der Waals surface area contributed by atoms with Crippen molar-refractivity contribution in [2.45, 2.75) is 56.1 Å². The summed E-state index contributed by atoms with van der Waals surface area (Å²) in [6.45, 7) is -0.148. The summed E-state index contributed by atoms with van der Waals surface area (Å²) in [5.41, 5.74) is 2.15. The number of amides is 2. The quantitative estimate of drug-likeness (QED) is 0.326. The molecule has 2 aliphatic rings. The predicted molar refractivity (Wildman–Crippen MR) is 138 cm³/mol. The summed E-state index contributed by atoms with van der Waals surface area (Å²) in [6, 6.07) is 13.8. The summed E-state index contributed by atoms with van der Waals surface area (Å²) in [7, 11) is 1.20. The second kappa shape index (κ2) is 12.3. The number of hydrogen-bond donors (Lipinski definition) is 5. The third-order valence-corrected chi connectivity index (χ3v) is 6.90. The minimum Gasteiger partial charge on any atom is -0.489 e. The molecule has 5 N–H and O–H groups in total. The van der Waals surface area contributed by atoms with E-state index in [1.54, 1.807) is 6.07 Å². The number of fused-ring (bicyclic) bond motifs is 1. The predicted octanol–water partition coefficient (Wildman–Crippen LogP) is 2.01. The van der Waals surface area contributed by atoms with Gasteiger partial charge in [0.05, 0.1) is 5.69 Å². The van der Waals surface area contributed by atoms with Crippen LogP contribution in [0.2, 0.25) is 0 Å². The minimum absolute atomic E-state index is 0.148. The van der Waals surface area contributed by atoms with Crippen LogP contribution in [0.25, 0.3) is 11.1 Å². The Morgan fingerprint density at radius 2 is 1.81 bits per heavy atom. The lowest BCUT2D eigenvalue weighted by Gasteiger charge is -2.28. The van der Waals surface area contributed by atoms with Gasteiger partial charge in [-0.3, -0.25) is 9.59 Å². The maximum absolute atomic E-state index is 13.0. The summed E-state index contributed by atoms with van der Waals surface area (Å²) in [6.07, 6.45) is 1.28. The van der Waals surface area contributed by atoms with Gasteiger partial charge in [0.25, 0.3) is 11.8 Å². The Labute approximate surface area is 216 Å². The van der Waals surface area contributed by atoms with Gasteiger partial charge in [-0.2, -0.15) is 0 Å². The van der Waals surface area contributed by atoms with Crippen LogP contribution in [-0.4, -0.2) is 71.3 Å². The van der Waals surface area contributed by atoms with Gasteiger partial charge in [0.15, 0.2) is 6.10 Å². The molecule has 1 aliphatic heterocycles. The summed E-state index contributed by atoms with van der Waals surface area (Å²) < 4.78 is 11.0. The van der Waals surface area contributed by atoms with Crippen molar-refractivity contribution in [3.05, 3.63) is 60.7 Å². The summed E-state index contributed by atoms with van der Waals surface area (Å²) in [5, 5.41) is 36.8. The minimum atomic E-state index is -1.73. The highest BCUT2D eigenvalue weighted by molar-refractivity contribution is 6.02. The highest BCUT2D eigenvalue weighted by Crippen LogP contribution is 2.37. The number of ether oxygens (including phenoxy) is 2. The van der Waals surface area contributed by atoms with Crippen molar-refractivity contribution in [1.82, 2.24) is 5.32 Å². The number of methoxy groups -OCH3 is 1. The highest BCUT2D eigenvalue weighted by Gasteiger charge is 2.37. The van der Waals surface area contributed by atoms with E-state index in [4.69, 9.17) is 9.47 Å². The van der Waals surface area contributed by atoms with Gasteiger partial charge in [0.2, 0.25) is 0 Å². The van der Waals surface area contributed by atoms with Crippen molar-refractivity contribution in [3.63, 3.8) is 0 Å². The molecule has 2 aromatic carbocycles. The Bertz CT molecular complexity index is 1100. The van der Waals surface area contributed by atoms with Crippen molar-refractivity contribution >= 4 is 17.5 Å². The smallest absolute Gasteiger partial charge is 0.252 e. The van der Waals surface area contributed by atoms with Gasteiger partial charge in [0, 0.05) is 12.7 Å². The number of rotatable bonds is 9. The van der Waals surface area contributed by atoms with Gasteiger partial charge in [0.1, 0.15) is 36.7 Å². The molecule has 0 radical (unpaired) electrons. The molecule has 0 bridgehead atoms. The first-order valence-corrected chi connectivity index (χ1v) is 12.6. The number of carbonyl (C=O) groups excluding carboxylic acids is 2. The number of nitrogens with one attached hydrogen (secondary N) is 2. The van der Waals surface area contributed by atoms with Crippen LogP contribution < -0.4 is 15.4 Å². The van der Waals surface area contributed by atoms with Crippen molar-refractivity contribution in [1.29, 1.82) is 0 Å². The number of anilines is 1. The fourth-order valence-corrected chi connectivity index (χ4v) is 4.78. The molecule has 37 heavy (non-hydrogen) atoms. The fraction of sp³-hybridized carbons (Fsp3) is 0.429. The summed E-state index contributed by atoms with van der Waals surface area (Å²) in [4.78, 5) is 26.0. The zero-order valence-corrected chi connectivity index (χ0v) is 20.7. The molecule has 1 unspecified atom stereocenters. The number of aliphatic hydroxyl groups is 3. The lowest BCUT2D eigenvalue weighted by atomic mass is 9.99. The normalized spacial score (nSPS) is 21.3. The molecule has 0 saturated heterocycles. The van der Waals surface area contributed by atoms with E-state index in [1.807, 2.05) is 48.5 Å². The average Bonchev–Trinajstić information content (AvgIpc) is 3.38. The van der Waals surface area contributed by atoms with Crippen LogP contribution in [0, 0.1) is 5.92 Å². The van der Waals surface area contributed by atoms with Crippen LogP contribution in [0.1, 0.15) is 25.7 Å². The number of hydrogen-bond acceptors (Lipinski definition) is 7. The Hall–Kier alpha value is -3.24. The van der Waals surface area contributed by atoms with Gasteiger partial charge in [-0.1, -0.05) is 67.5 Å². The van der Waals surface area contributed by atoms with Crippen LogP contribution in [-0.2, 0) is 14.3 Å². The first kappa shape index (κ1) is 26.8. The van der Waals surface area contributed by atoms with E-state index in [2.05, 4.69) is 10.6 Å². The standard InChI is InChI=1S/C28H34N2O7/c1-36-26(25(33)24(32)21(31)15-14-17-8-5-6-9-17)28(35)29-20-16-37-22-13-7-12-19(23(22)30-27(20)34)18-10-3-2-4-11-18/h2-4,7,10-15,17,20-21,24-26,31-33H,5-6,8-9,16H2,1H3,(H,29,35)(H,30,34)/t20?,21-,24+,25-,26-/m1/s1. The highest BCUT2D eigenvalue weighted by atomic mass is 16.5. The van der Waals surface area contributed by atoms with Gasteiger partial charge in [-0.05, 0) is 30.4 Å². The Kier molecular flexibility index (Phi) is 8.94. The van der Waals surface area contributed by atoms with Gasteiger partial charge in [-0.25, -0.2) is 0 Å². The zero-order chi connectivity index (χ0) is 26.4. The molecule has 9 heteroatoms. The number of allylic oxidation sites excluding steroid dienone is 1. The molecular weight excluding hydrogens is 476 g/mol.